The molecule has 0 bridgehead atoms. The fourth-order valence-electron chi connectivity index (χ4n) is 3.33. The molecule has 1 atom stereocenters. The molecule has 2 heterocycles. The number of fused-ring (bicyclic) bond motifs is 2. The molecule has 3 aromatic rings. The molecule has 0 aliphatic carbocycles. The van der Waals surface area contributed by atoms with Crippen LogP contribution in [-0.4, -0.2) is 43.7 Å². The third kappa shape index (κ3) is 3.68. The van der Waals surface area contributed by atoms with Crippen LogP contribution < -0.4 is 10.1 Å². The van der Waals surface area contributed by atoms with Gasteiger partial charge in [0.1, 0.15) is 17.9 Å². The number of rotatable bonds is 6. The van der Waals surface area contributed by atoms with Crippen molar-refractivity contribution in [3.05, 3.63) is 53.9 Å². The van der Waals surface area contributed by atoms with Gasteiger partial charge in [0.25, 0.3) is 0 Å². The van der Waals surface area contributed by atoms with Gasteiger partial charge in [-0.3, -0.25) is 0 Å². The molecule has 0 saturated carbocycles. The number of oxazole rings is 1. The van der Waals surface area contributed by atoms with Crippen molar-refractivity contribution in [3.63, 3.8) is 0 Å². The number of hydrogen-bond acceptors (Lipinski definition) is 5. The summed E-state index contributed by atoms with van der Waals surface area (Å²) in [7, 11) is 4.19. The number of ether oxygens (including phenoxy) is 1. The van der Waals surface area contributed by atoms with Crippen LogP contribution in [-0.2, 0) is 6.42 Å². The average Bonchev–Trinajstić information content (AvgIpc) is 3.09. The quantitative estimate of drug-likeness (QED) is 0.683. The van der Waals surface area contributed by atoms with Crippen molar-refractivity contribution < 1.29 is 9.15 Å². The molecule has 1 unspecified atom stereocenters. The molecule has 1 aromatic heterocycles. The average molecular weight is 351 g/mol. The molecule has 1 N–H and O–H groups in total. The largest absolute Gasteiger partial charge is 0.492 e. The van der Waals surface area contributed by atoms with E-state index in [-0.39, 0.29) is 5.92 Å². The van der Waals surface area contributed by atoms with E-state index in [1.54, 1.807) is 0 Å². The van der Waals surface area contributed by atoms with Gasteiger partial charge in [-0.1, -0.05) is 18.2 Å². The Balaban J connectivity index is 1.42. The molecule has 26 heavy (non-hydrogen) atoms. The number of para-hydroxylation sites is 2. The fourth-order valence-corrected chi connectivity index (χ4v) is 3.33. The first-order valence-electron chi connectivity index (χ1n) is 9.19. The Kier molecular flexibility index (Phi) is 4.80. The molecule has 0 amide bonds. The van der Waals surface area contributed by atoms with E-state index >= 15 is 0 Å². The van der Waals surface area contributed by atoms with E-state index in [0.717, 1.165) is 54.4 Å². The van der Waals surface area contributed by atoms with Gasteiger partial charge in [-0.05, 0) is 57.2 Å². The Labute approximate surface area is 154 Å². The lowest BCUT2D eigenvalue weighted by Gasteiger charge is -2.24. The number of nitrogens with zero attached hydrogens (tertiary/aromatic N) is 2. The Morgan fingerprint density at radius 3 is 2.92 bits per heavy atom. The highest BCUT2D eigenvalue weighted by atomic mass is 16.5. The lowest BCUT2D eigenvalue weighted by Crippen LogP contribution is -2.20. The fraction of sp³-hybridized carbons (Fsp3) is 0.381. The van der Waals surface area contributed by atoms with Crippen molar-refractivity contribution in [2.45, 2.75) is 18.8 Å². The first-order chi connectivity index (χ1) is 12.7. The van der Waals surface area contributed by atoms with Crippen molar-refractivity contribution in [1.82, 2.24) is 9.88 Å². The number of nitrogens with one attached hydrogen (secondary N) is 1. The first kappa shape index (κ1) is 16.9. The maximum absolute atomic E-state index is 6.02. The van der Waals surface area contributed by atoms with Gasteiger partial charge in [0.15, 0.2) is 5.58 Å². The van der Waals surface area contributed by atoms with Crippen LogP contribution in [0.1, 0.15) is 23.8 Å². The van der Waals surface area contributed by atoms with Crippen LogP contribution in [0.25, 0.3) is 11.1 Å². The molecule has 2 aromatic carbocycles. The molecule has 0 fully saturated rings. The maximum atomic E-state index is 6.02. The second kappa shape index (κ2) is 7.38. The predicted molar refractivity (Wildman–Crippen MR) is 104 cm³/mol. The van der Waals surface area contributed by atoms with Gasteiger partial charge in [0.05, 0.1) is 5.92 Å². The summed E-state index contributed by atoms with van der Waals surface area (Å²) in [6.07, 6.45) is 2.01. The lowest BCUT2D eigenvalue weighted by atomic mass is 9.96. The number of hydrogen-bond donors (Lipinski definition) is 1. The summed E-state index contributed by atoms with van der Waals surface area (Å²) in [5, 5.41) is 3.47. The molecular formula is C21H25N3O2. The van der Waals surface area contributed by atoms with Crippen molar-refractivity contribution in [2.75, 3.05) is 39.1 Å². The van der Waals surface area contributed by atoms with Gasteiger partial charge in [0.2, 0.25) is 5.89 Å². The van der Waals surface area contributed by atoms with Crippen LogP contribution in [0.15, 0.2) is 46.9 Å². The Bertz CT molecular complexity index is 855. The summed E-state index contributed by atoms with van der Waals surface area (Å²) >= 11 is 0. The monoisotopic (exact) mass is 351 g/mol. The molecule has 5 nitrogen and oxygen atoms in total. The first-order valence-corrected chi connectivity index (χ1v) is 9.19. The third-order valence-electron chi connectivity index (χ3n) is 4.74. The van der Waals surface area contributed by atoms with Crippen molar-refractivity contribution >= 4 is 16.8 Å². The Morgan fingerprint density at radius 2 is 2.08 bits per heavy atom. The van der Waals surface area contributed by atoms with Gasteiger partial charge >= 0.3 is 0 Å². The maximum Gasteiger partial charge on any atom is 0.202 e. The molecule has 0 radical (unpaired) electrons. The Hall–Kier alpha value is -2.53. The van der Waals surface area contributed by atoms with E-state index in [4.69, 9.17) is 9.15 Å². The minimum atomic E-state index is 0.161. The topological polar surface area (TPSA) is 50.5 Å². The summed E-state index contributed by atoms with van der Waals surface area (Å²) in [5.41, 5.74) is 4.07. The standard InChI is InChI=1S/C21H25N3O2/c1-24(2)11-5-10-22-17-9-8-15-12-16(14-25-20(15)13-17)21-23-18-6-3-4-7-19(18)26-21/h3-4,6-9,13,16,22H,5,10-12,14H2,1-2H3. The molecule has 4 rings (SSSR count). The van der Waals surface area contributed by atoms with E-state index in [1.807, 2.05) is 24.3 Å². The van der Waals surface area contributed by atoms with Crippen molar-refractivity contribution in [3.8, 4) is 5.75 Å². The van der Waals surface area contributed by atoms with Crippen LogP contribution in [0, 0.1) is 0 Å². The molecule has 0 saturated heterocycles. The number of anilines is 1. The summed E-state index contributed by atoms with van der Waals surface area (Å²) in [6.45, 7) is 2.65. The minimum Gasteiger partial charge on any atom is -0.492 e. The van der Waals surface area contributed by atoms with Gasteiger partial charge in [-0.15, -0.1) is 0 Å². The predicted octanol–water partition coefficient (Wildman–Crippen LogP) is 3.91. The van der Waals surface area contributed by atoms with E-state index < -0.39 is 0 Å². The van der Waals surface area contributed by atoms with Gasteiger partial charge < -0.3 is 19.4 Å². The lowest BCUT2D eigenvalue weighted by molar-refractivity contribution is 0.243. The normalized spacial score (nSPS) is 16.5. The van der Waals surface area contributed by atoms with E-state index in [2.05, 4.69) is 47.5 Å². The van der Waals surface area contributed by atoms with E-state index in [9.17, 15) is 0 Å². The van der Waals surface area contributed by atoms with Gasteiger partial charge in [-0.25, -0.2) is 4.98 Å². The van der Waals surface area contributed by atoms with Gasteiger partial charge in [0, 0.05) is 18.3 Å². The van der Waals surface area contributed by atoms with Crippen LogP contribution in [0.5, 0.6) is 5.75 Å². The zero-order chi connectivity index (χ0) is 17.9. The smallest absolute Gasteiger partial charge is 0.202 e. The van der Waals surface area contributed by atoms with Crippen LogP contribution in [0.3, 0.4) is 0 Å². The highest BCUT2D eigenvalue weighted by Gasteiger charge is 2.25. The zero-order valence-corrected chi connectivity index (χ0v) is 15.4. The molecular weight excluding hydrogens is 326 g/mol. The van der Waals surface area contributed by atoms with E-state index in [0.29, 0.717) is 6.61 Å². The molecule has 0 spiro atoms. The SMILES string of the molecule is CN(C)CCCNc1ccc2c(c1)OCC(c1nc3ccccc3o1)C2. The second-order valence-electron chi connectivity index (χ2n) is 7.14. The summed E-state index contributed by atoms with van der Waals surface area (Å²) in [4.78, 5) is 6.83. The number of aromatic nitrogens is 1. The highest BCUT2D eigenvalue weighted by Crippen LogP contribution is 2.34. The summed E-state index contributed by atoms with van der Waals surface area (Å²) < 4.78 is 11.9. The minimum absolute atomic E-state index is 0.161. The molecule has 5 heteroatoms. The van der Waals surface area contributed by atoms with Crippen molar-refractivity contribution in [1.29, 1.82) is 0 Å². The van der Waals surface area contributed by atoms with Gasteiger partial charge in [-0.2, -0.15) is 0 Å². The number of benzene rings is 2. The van der Waals surface area contributed by atoms with Crippen LogP contribution in [0.2, 0.25) is 0 Å². The third-order valence-corrected chi connectivity index (χ3v) is 4.74. The van der Waals surface area contributed by atoms with Crippen molar-refractivity contribution in [2.24, 2.45) is 0 Å². The van der Waals surface area contributed by atoms with E-state index in [1.165, 1.54) is 5.56 Å². The Morgan fingerprint density at radius 1 is 1.19 bits per heavy atom. The molecule has 1 aliphatic rings. The second-order valence-corrected chi connectivity index (χ2v) is 7.14. The van der Waals surface area contributed by atoms with Crippen LogP contribution >= 0.6 is 0 Å². The molecule has 1 aliphatic heterocycles. The van der Waals surface area contributed by atoms with Crippen LogP contribution in [0.4, 0.5) is 5.69 Å². The summed E-state index contributed by atoms with van der Waals surface area (Å²) in [6, 6.07) is 14.3. The highest BCUT2D eigenvalue weighted by molar-refractivity contribution is 5.72. The molecule has 136 valence electrons. The summed E-state index contributed by atoms with van der Waals surface area (Å²) in [5.74, 6) is 1.89. The zero-order valence-electron chi connectivity index (χ0n) is 15.4.